The van der Waals surface area contributed by atoms with E-state index in [-0.39, 0.29) is 5.75 Å². The van der Waals surface area contributed by atoms with Crippen LogP contribution in [-0.4, -0.2) is 10.2 Å². The van der Waals surface area contributed by atoms with Crippen molar-refractivity contribution in [2.24, 2.45) is 0 Å². The number of rotatable bonds is 1. The van der Waals surface area contributed by atoms with Gasteiger partial charge in [-0.25, -0.2) is 0 Å². The lowest BCUT2D eigenvalue weighted by atomic mass is 9.91. The van der Waals surface area contributed by atoms with Crippen molar-refractivity contribution >= 4 is 43.1 Å². The first-order valence-electron chi connectivity index (χ1n) is 9.99. The Morgan fingerprint density at radius 2 is 1.13 bits per heavy atom. The van der Waals surface area contributed by atoms with Gasteiger partial charge in [-0.15, -0.1) is 0 Å². The Bertz CT molecular complexity index is 1610. The third-order valence-corrected chi connectivity index (χ3v) is 6.04. The molecule has 30 heavy (non-hydrogen) atoms. The van der Waals surface area contributed by atoms with Crippen molar-refractivity contribution in [3.8, 4) is 22.6 Å². The number of benzene rings is 6. The molecule has 2 nitrogen and oxygen atoms in total. The number of fused-ring (bicyclic) bond motifs is 6. The Labute approximate surface area is 173 Å². The minimum absolute atomic E-state index is 0.250. The average molecular weight is 386 g/mol. The smallest absolute Gasteiger partial charge is 0.131 e. The van der Waals surface area contributed by atoms with E-state index in [0.717, 1.165) is 54.2 Å². The predicted octanol–water partition coefficient (Wildman–Crippen LogP) is 7.38. The summed E-state index contributed by atoms with van der Waals surface area (Å²) in [5, 5.41) is 29.6. The monoisotopic (exact) mass is 386 g/mol. The Morgan fingerprint density at radius 3 is 2.07 bits per heavy atom. The fraction of sp³-hybridized carbons (Fsp3) is 0. The molecule has 0 amide bonds. The summed E-state index contributed by atoms with van der Waals surface area (Å²) in [6.45, 7) is 0. The summed E-state index contributed by atoms with van der Waals surface area (Å²) >= 11 is 0. The lowest BCUT2D eigenvalue weighted by Crippen LogP contribution is -1.86. The molecule has 0 atom stereocenters. The van der Waals surface area contributed by atoms with E-state index in [9.17, 15) is 10.2 Å². The van der Waals surface area contributed by atoms with Gasteiger partial charge in [0.2, 0.25) is 0 Å². The zero-order valence-electron chi connectivity index (χ0n) is 16.1. The van der Waals surface area contributed by atoms with Crippen LogP contribution in [-0.2, 0) is 0 Å². The molecule has 0 unspecified atom stereocenters. The van der Waals surface area contributed by atoms with Crippen LogP contribution in [0.15, 0.2) is 97.1 Å². The van der Waals surface area contributed by atoms with Gasteiger partial charge in [0.1, 0.15) is 11.5 Å². The van der Waals surface area contributed by atoms with Gasteiger partial charge in [-0.2, -0.15) is 0 Å². The van der Waals surface area contributed by atoms with Crippen molar-refractivity contribution in [2.45, 2.75) is 0 Å². The standard InChI is InChI=1S/C28H18O2/c29-20-13-10-18-11-14-24-22(6-3-7-23(24)26(18)16-20)25-15-12-19-9-8-17-4-1-2-5-21(17)27(19)28(25)30/h1-16,29-30H. The molecular weight excluding hydrogens is 368 g/mol. The summed E-state index contributed by atoms with van der Waals surface area (Å²) in [6, 6.07) is 32.1. The van der Waals surface area contributed by atoms with E-state index in [0.29, 0.717) is 5.75 Å². The average Bonchev–Trinajstić information content (AvgIpc) is 2.78. The molecule has 0 radical (unpaired) electrons. The minimum atomic E-state index is 0.250. The summed E-state index contributed by atoms with van der Waals surface area (Å²) < 4.78 is 0. The Hall–Kier alpha value is -4.04. The number of phenols is 2. The summed E-state index contributed by atoms with van der Waals surface area (Å²) in [6.07, 6.45) is 0. The van der Waals surface area contributed by atoms with E-state index in [1.54, 1.807) is 12.1 Å². The van der Waals surface area contributed by atoms with E-state index in [1.165, 1.54) is 0 Å². The third kappa shape index (κ3) is 2.37. The van der Waals surface area contributed by atoms with Crippen LogP contribution in [0.25, 0.3) is 54.2 Å². The van der Waals surface area contributed by atoms with Crippen LogP contribution in [0.1, 0.15) is 0 Å². The van der Waals surface area contributed by atoms with Crippen LogP contribution in [0.4, 0.5) is 0 Å². The van der Waals surface area contributed by atoms with E-state index >= 15 is 0 Å². The number of phenolic OH excluding ortho intramolecular Hbond substituents is 2. The molecule has 0 spiro atoms. The largest absolute Gasteiger partial charge is 0.508 e. The number of hydrogen-bond donors (Lipinski definition) is 2. The molecule has 142 valence electrons. The van der Waals surface area contributed by atoms with E-state index in [1.807, 2.05) is 36.4 Å². The maximum Gasteiger partial charge on any atom is 0.131 e. The predicted molar refractivity (Wildman–Crippen MR) is 125 cm³/mol. The zero-order chi connectivity index (χ0) is 20.2. The van der Waals surface area contributed by atoms with Gasteiger partial charge < -0.3 is 10.2 Å². The highest BCUT2D eigenvalue weighted by molar-refractivity contribution is 6.16. The third-order valence-electron chi connectivity index (χ3n) is 6.04. The second kappa shape index (κ2) is 6.23. The Kier molecular flexibility index (Phi) is 3.50. The lowest BCUT2D eigenvalue weighted by molar-refractivity contribution is 0.476. The molecule has 0 bridgehead atoms. The molecule has 0 aliphatic rings. The highest BCUT2D eigenvalue weighted by atomic mass is 16.3. The van der Waals surface area contributed by atoms with Crippen LogP contribution in [0.2, 0.25) is 0 Å². The molecule has 0 saturated carbocycles. The van der Waals surface area contributed by atoms with Gasteiger partial charge in [0.25, 0.3) is 0 Å². The normalized spacial score (nSPS) is 11.6. The van der Waals surface area contributed by atoms with Gasteiger partial charge in [-0.1, -0.05) is 78.9 Å². The van der Waals surface area contributed by atoms with Gasteiger partial charge in [0.05, 0.1) is 0 Å². The molecule has 0 heterocycles. The summed E-state index contributed by atoms with van der Waals surface area (Å²) in [4.78, 5) is 0. The van der Waals surface area contributed by atoms with Crippen LogP contribution in [0, 0.1) is 0 Å². The van der Waals surface area contributed by atoms with Crippen molar-refractivity contribution in [3.05, 3.63) is 97.1 Å². The van der Waals surface area contributed by atoms with Gasteiger partial charge >= 0.3 is 0 Å². The number of hydrogen-bond acceptors (Lipinski definition) is 2. The molecule has 0 fully saturated rings. The molecule has 2 heteroatoms. The molecule has 0 aromatic heterocycles. The SMILES string of the molecule is Oc1ccc2ccc3c(-c4ccc5ccc6ccccc6c5c4O)cccc3c2c1. The highest BCUT2D eigenvalue weighted by Crippen LogP contribution is 2.42. The van der Waals surface area contributed by atoms with Crippen LogP contribution in [0.3, 0.4) is 0 Å². The van der Waals surface area contributed by atoms with Crippen molar-refractivity contribution < 1.29 is 10.2 Å². The zero-order valence-corrected chi connectivity index (χ0v) is 16.1. The fourth-order valence-electron chi connectivity index (χ4n) is 4.61. The summed E-state index contributed by atoms with van der Waals surface area (Å²) in [5.74, 6) is 0.549. The molecule has 6 aromatic rings. The first-order valence-corrected chi connectivity index (χ1v) is 9.99. The van der Waals surface area contributed by atoms with Gasteiger partial charge in [-0.3, -0.25) is 0 Å². The minimum Gasteiger partial charge on any atom is -0.508 e. The maximum absolute atomic E-state index is 11.4. The lowest BCUT2D eigenvalue weighted by Gasteiger charge is -2.14. The van der Waals surface area contributed by atoms with Crippen molar-refractivity contribution in [1.29, 1.82) is 0 Å². The first kappa shape index (κ1) is 16.9. The van der Waals surface area contributed by atoms with Gasteiger partial charge in [0, 0.05) is 10.9 Å². The van der Waals surface area contributed by atoms with E-state index < -0.39 is 0 Å². The van der Waals surface area contributed by atoms with Crippen LogP contribution in [0.5, 0.6) is 11.5 Å². The summed E-state index contributed by atoms with van der Waals surface area (Å²) in [7, 11) is 0. The molecule has 2 N–H and O–H groups in total. The molecule has 0 saturated heterocycles. The molecule has 6 aromatic carbocycles. The second-order valence-corrected chi connectivity index (χ2v) is 7.72. The topological polar surface area (TPSA) is 40.5 Å². The van der Waals surface area contributed by atoms with E-state index in [2.05, 4.69) is 48.5 Å². The van der Waals surface area contributed by atoms with Crippen LogP contribution < -0.4 is 0 Å². The van der Waals surface area contributed by atoms with E-state index in [4.69, 9.17) is 0 Å². The highest BCUT2D eigenvalue weighted by Gasteiger charge is 2.14. The Morgan fingerprint density at radius 1 is 0.433 bits per heavy atom. The first-order chi connectivity index (χ1) is 14.7. The molecule has 6 rings (SSSR count). The van der Waals surface area contributed by atoms with Crippen LogP contribution >= 0.6 is 0 Å². The number of aromatic hydroxyl groups is 2. The fourth-order valence-corrected chi connectivity index (χ4v) is 4.61. The van der Waals surface area contributed by atoms with Gasteiger partial charge in [0.15, 0.2) is 0 Å². The summed E-state index contributed by atoms with van der Waals surface area (Å²) in [5.41, 5.74) is 1.79. The van der Waals surface area contributed by atoms with Crippen molar-refractivity contribution in [3.63, 3.8) is 0 Å². The molecular formula is C28H18O2. The maximum atomic E-state index is 11.4. The van der Waals surface area contributed by atoms with Crippen molar-refractivity contribution in [1.82, 2.24) is 0 Å². The van der Waals surface area contributed by atoms with Gasteiger partial charge in [-0.05, 0) is 61.5 Å². The Balaban J connectivity index is 1.71. The van der Waals surface area contributed by atoms with Crippen molar-refractivity contribution in [2.75, 3.05) is 0 Å². The second-order valence-electron chi connectivity index (χ2n) is 7.72. The molecule has 0 aliphatic heterocycles. The quantitative estimate of drug-likeness (QED) is 0.289. The molecule has 0 aliphatic carbocycles.